The first-order valence-electron chi connectivity index (χ1n) is 5.05. The molecule has 0 aliphatic carbocycles. The van der Waals surface area contributed by atoms with Crippen LogP contribution in [0.5, 0.6) is 0 Å². The molecule has 2 aromatic heterocycles. The third-order valence-electron chi connectivity index (χ3n) is 2.01. The van der Waals surface area contributed by atoms with Crippen LogP contribution in [0.1, 0.15) is 0 Å². The smallest absolute Gasteiger partial charge is 0.288 e. The first kappa shape index (κ1) is 11.0. The number of fused-ring (bicyclic) bond motifs is 1. The summed E-state index contributed by atoms with van der Waals surface area (Å²) < 4.78 is 5.12. The van der Waals surface area contributed by atoms with Gasteiger partial charge in [0.1, 0.15) is 5.58 Å². The molecule has 17 heavy (non-hydrogen) atoms. The van der Waals surface area contributed by atoms with Crippen molar-refractivity contribution in [3.63, 3.8) is 0 Å². The van der Waals surface area contributed by atoms with Crippen LogP contribution < -0.4 is 5.56 Å². The van der Waals surface area contributed by atoms with Crippen molar-refractivity contribution < 1.29 is 4.42 Å². The summed E-state index contributed by atoms with van der Waals surface area (Å²) in [6.07, 6.45) is 5.79. The summed E-state index contributed by atoms with van der Waals surface area (Å²) in [5.74, 6) is 0. The van der Waals surface area contributed by atoms with E-state index in [-0.39, 0.29) is 5.56 Å². The van der Waals surface area contributed by atoms with Crippen LogP contribution in [0.25, 0.3) is 11.0 Å². The highest BCUT2D eigenvalue weighted by atomic mass is 16.3. The second-order valence-corrected chi connectivity index (χ2v) is 3.19. The average Bonchev–Trinajstić information content (AvgIpc) is 2.71. The third kappa shape index (κ3) is 3.24. The van der Waals surface area contributed by atoms with E-state index < -0.39 is 0 Å². The first-order valence-corrected chi connectivity index (χ1v) is 5.05. The van der Waals surface area contributed by atoms with Crippen LogP contribution in [0.15, 0.2) is 70.5 Å². The predicted octanol–water partition coefficient (Wildman–Crippen LogP) is 2.27. The van der Waals surface area contributed by atoms with Gasteiger partial charge in [0.2, 0.25) is 0 Å². The van der Waals surface area contributed by atoms with Gasteiger partial charge in [-0.3, -0.25) is 9.78 Å². The molecule has 4 nitrogen and oxygen atoms in total. The minimum absolute atomic E-state index is 0.310. The number of benzene rings is 1. The number of furan rings is 1. The van der Waals surface area contributed by atoms with E-state index in [9.17, 15) is 4.79 Å². The Bertz CT molecular complexity index is 598. The number of nitrogens with zero attached hydrogens (tertiary/aromatic N) is 2. The van der Waals surface area contributed by atoms with E-state index in [4.69, 9.17) is 4.42 Å². The minimum atomic E-state index is -0.310. The van der Waals surface area contributed by atoms with Crippen molar-refractivity contribution in [1.82, 2.24) is 9.97 Å². The van der Waals surface area contributed by atoms with Gasteiger partial charge in [-0.15, -0.1) is 0 Å². The molecule has 0 aliphatic rings. The number of hydrogen-bond donors (Lipinski definition) is 0. The Balaban J connectivity index is 0.000000128. The van der Waals surface area contributed by atoms with Crippen LogP contribution in [0.3, 0.4) is 0 Å². The Morgan fingerprint density at radius 1 is 1.00 bits per heavy atom. The highest BCUT2D eigenvalue weighted by molar-refractivity contribution is 5.76. The van der Waals surface area contributed by atoms with Crippen LogP contribution in [-0.2, 0) is 0 Å². The van der Waals surface area contributed by atoms with Gasteiger partial charge in [0.05, 0.1) is 12.5 Å². The zero-order valence-corrected chi connectivity index (χ0v) is 8.98. The summed E-state index contributed by atoms with van der Waals surface area (Å²) in [5.41, 5.74) is 0.646. The van der Waals surface area contributed by atoms with Crippen LogP contribution in [0, 0.1) is 0 Å². The van der Waals surface area contributed by atoms with Crippen LogP contribution in [0.4, 0.5) is 0 Å². The maximum atomic E-state index is 10.3. The molecule has 0 spiro atoms. The molecule has 0 saturated heterocycles. The molecular formula is C13H10N2O2. The van der Waals surface area contributed by atoms with Crippen LogP contribution >= 0.6 is 0 Å². The molecule has 0 amide bonds. The summed E-state index contributed by atoms with van der Waals surface area (Å²) in [4.78, 5) is 17.3. The zero-order valence-electron chi connectivity index (χ0n) is 8.98. The molecule has 0 radical (unpaired) electrons. The third-order valence-corrected chi connectivity index (χ3v) is 2.01. The largest absolute Gasteiger partial charge is 0.464 e. The minimum Gasteiger partial charge on any atom is -0.464 e. The van der Waals surface area contributed by atoms with E-state index >= 15 is 0 Å². The second-order valence-electron chi connectivity index (χ2n) is 3.19. The monoisotopic (exact) mass is 226 g/mol. The predicted molar refractivity (Wildman–Crippen MR) is 64.5 cm³/mol. The number of rotatable bonds is 0. The molecule has 0 bridgehead atoms. The van der Waals surface area contributed by atoms with Crippen molar-refractivity contribution in [3.8, 4) is 0 Å². The van der Waals surface area contributed by atoms with Crippen molar-refractivity contribution in [2.24, 2.45) is 0 Å². The Morgan fingerprint density at radius 2 is 1.88 bits per heavy atom. The molecule has 3 rings (SSSR count). The Hall–Kier alpha value is -2.49. The van der Waals surface area contributed by atoms with Gasteiger partial charge in [-0.1, -0.05) is 18.2 Å². The Labute approximate surface area is 97.6 Å². The summed E-state index contributed by atoms with van der Waals surface area (Å²) in [6.45, 7) is 0. The highest BCUT2D eigenvalue weighted by Gasteiger charge is 1.89. The first-order chi connectivity index (χ1) is 8.36. The molecule has 1 aromatic carbocycles. The lowest BCUT2D eigenvalue weighted by atomic mass is 10.3. The van der Waals surface area contributed by atoms with Crippen LogP contribution in [0.2, 0.25) is 0 Å². The van der Waals surface area contributed by atoms with Gasteiger partial charge in [-0.05, 0) is 18.2 Å². The lowest BCUT2D eigenvalue weighted by Crippen LogP contribution is -1.97. The molecule has 0 saturated carbocycles. The van der Waals surface area contributed by atoms with Crippen molar-refractivity contribution in [1.29, 1.82) is 0 Å². The SMILES string of the molecule is O=c1cncccn1.c1ccc2occc2c1. The quantitative estimate of drug-likeness (QED) is 0.590. The zero-order chi connectivity index (χ0) is 11.9. The standard InChI is InChI=1S/C8H6O.C5H4N2O/c1-2-4-8-7(3-1)5-6-9-8;8-5-4-6-2-1-3-7-5/h1-6H;1-4H. The number of aromatic nitrogens is 2. The van der Waals surface area contributed by atoms with Gasteiger partial charge in [0.25, 0.3) is 5.56 Å². The fourth-order valence-corrected chi connectivity index (χ4v) is 1.25. The fourth-order valence-electron chi connectivity index (χ4n) is 1.25. The summed E-state index contributed by atoms with van der Waals surface area (Å²) in [6, 6.07) is 11.5. The lowest BCUT2D eigenvalue weighted by Gasteiger charge is -1.81. The fraction of sp³-hybridized carbons (Fsp3) is 0. The molecule has 84 valence electrons. The molecule has 4 heteroatoms. The van der Waals surface area contributed by atoms with E-state index in [1.54, 1.807) is 12.3 Å². The van der Waals surface area contributed by atoms with E-state index in [0.717, 1.165) is 11.0 Å². The average molecular weight is 226 g/mol. The summed E-state index contributed by atoms with van der Waals surface area (Å²) in [5, 5.41) is 1.16. The summed E-state index contributed by atoms with van der Waals surface area (Å²) >= 11 is 0. The van der Waals surface area contributed by atoms with Gasteiger partial charge >= 0.3 is 0 Å². The molecule has 0 atom stereocenters. The second kappa shape index (κ2) is 5.55. The van der Waals surface area contributed by atoms with Gasteiger partial charge in [-0.25, -0.2) is 4.98 Å². The number of hydrogen-bond acceptors (Lipinski definition) is 4. The maximum absolute atomic E-state index is 10.3. The van der Waals surface area contributed by atoms with E-state index in [1.165, 1.54) is 18.6 Å². The van der Waals surface area contributed by atoms with Crippen molar-refractivity contribution in [2.45, 2.75) is 0 Å². The van der Waals surface area contributed by atoms with Gasteiger partial charge in [0, 0.05) is 17.8 Å². The molecule has 0 aliphatic heterocycles. The van der Waals surface area contributed by atoms with Gasteiger partial charge in [0.15, 0.2) is 0 Å². The molecular weight excluding hydrogens is 216 g/mol. The van der Waals surface area contributed by atoms with E-state index in [0.29, 0.717) is 0 Å². The van der Waals surface area contributed by atoms with E-state index in [2.05, 4.69) is 9.97 Å². The molecule has 0 N–H and O–H groups in total. The van der Waals surface area contributed by atoms with Crippen LogP contribution in [-0.4, -0.2) is 9.97 Å². The lowest BCUT2D eigenvalue weighted by molar-refractivity contribution is 0.616. The normalized spacial score (nSPS) is 9.41. The number of para-hydroxylation sites is 1. The Morgan fingerprint density at radius 3 is 2.76 bits per heavy atom. The maximum Gasteiger partial charge on any atom is 0.288 e. The van der Waals surface area contributed by atoms with Crippen molar-refractivity contribution in [2.75, 3.05) is 0 Å². The molecule has 0 unspecified atom stereocenters. The molecule has 2 heterocycles. The topological polar surface area (TPSA) is 56.0 Å². The van der Waals surface area contributed by atoms with Gasteiger partial charge < -0.3 is 4.42 Å². The van der Waals surface area contributed by atoms with Gasteiger partial charge in [-0.2, -0.15) is 0 Å². The van der Waals surface area contributed by atoms with Crippen molar-refractivity contribution >= 4 is 11.0 Å². The molecule has 3 aromatic rings. The Kier molecular flexibility index (Phi) is 3.60. The van der Waals surface area contributed by atoms with Crippen molar-refractivity contribution in [3.05, 3.63) is 71.6 Å². The molecule has 0 fully saturated rings. The highest BCUT2D eigenvalue weighted by Crippen LogP contribution is 2.12. The summed E-state index contributed by atoms with van der Waals surface area (Å²) in [7, 11) is 0. The van der Waals surface area contributed by atoms with E-state index in [1.807, 2.05) is 30.3 Å².